The third-order valence-electron chi connectivity index (χ3n) is 3.00. The van der Waals surface area contributed by atoms with E-state index < -0.39 is 17.5 Å². The molecule has 2 aromatic rings. The number of hydrogen-bond acceptors (Lipinski definition) is 2. The standard InChI is InChI=1S/C17H12ClNO4/c18-13-6-4-12(5-7-13)15(19-10-2-1-3-11-19)9-8-14(16(20)21)17(22)23/h1-11H,(H-,20,21,22,23)/p+1. The lowest BCUT2D eigenvalue weighted by Crippen LogP contribution is -2.31. The maximum atomic E-state index is 11.0. The zero-order valence-electron chi connectivity index (χ0n) is 11.9. The Morgan fingerprint density at radius 3 is 2.00 bits per heavy atom. The van der Waals surface area contributed by atoms with E-state index in [1.54, 1.807) is 41.2 Å². The van der Waals surface area contributed by atoms with E-state index in [1.165, 1.54) is 6.08 Å². The van der Waals surface area contributed by atoms with Crippen molar-refractivity contribution in [3.05, 3.63) is 83.2 Å². The summed E-state index contributed by atoms with van der Waals surface area (Å²) in [5, 5.41) is 18.4. The minimum Gasteiger partial charge on any atom is -0.477 e. The molecule has 2 N–H and O–H groups in total. The number of carboxylic acids is 2. The Morgan fingerprint density at radius 2 is 1.48 bits per heavy atom. The number of hydrogen-bond donors (Lipinski definition) is 2. The Kier molecular flexibility index (Phi) is 5.28. The Labute approximate surface area is 137 Å². The molecule has 0 aliphatic rings. The van der Waals surface area contributed by atoms with Gasteiger partial charge in [0.25, 0.3) is 0 Å². The zero-order valence-corrected chi connectivity index (χ0v) is 12.6. The SMILES string of the molecule is O=C(O)C(=CC=C(c1ccc(Cl)cc1)[n+]1ccccc1)C(=O)O. The molecular formula is C17H13ClNO4+. The van der Waals surface area contributed by atoms with Crippen LogP contribution in [0, 0.1) is 0 Å². The molecule has 0 saturated heterocycles. The van der Waals surface area contributed by atoms with Gasteiger partial charge in [0, 0.05) is 28.8 Å². The number of benzene rings is 1. The van der Waals surface area contributed by atoms with E-state index in [2.05, 4.69) is 0 Å². The van der Waals surface area contributed by atoms with Crippen LogP contribution >= 0.6 is 11.6 Å². The molecule has 0 fully saturated rings. The van der Waals surface area contributed by atoms with E-state index in [1.807, 2.05) is 18.2 Å². The highest BCUT2D eigenvalue weighted by Gasteiger charge is 2.17. The molecule has 0 unspecified atom stereocenters. The average Bonchev–Trinajstić information content (AvgIpc) is 2.53. The number of allylic oxidation sites excluding steroid dienone is 2. The lowest BCUT2D eigenvalue weighted by molar-refractivity contribution is -0.579. The first-order valence-corrected chi connectivity index (χ1v) is 6.98. The van der Waals surface area contributed by atoms with Crippen LogP contribution in [0.3, 0.4) is 0 Å². The van der Waals surface area contributed by atoms with Crippen LogP contribution in [0.1, 0.15) is 5.56 Å². The van der Waals surface area contributed by atoms with Crippen molar-refractivity contribution < 1.29 is 24.4 Å². The molecule has 1 aromatic carbocycles. The number of rotatable bonds is 5. The summed E-state index contributed by atoms with van der Waals surface area (Å²) in [6, 6.07) is 12.4. The van der Waals surface area contributed by atoms with Crippen molar-refractivity contribution in [1.29, 1.82) is 0 Å². The fourth-order valence-electron chi connectivity index (χ4n) is 1.91. The first-order chi connectivity index (χ1) is 11.0. The molecule has 0 radical (unpaired) electrons. The van der Waals surface area contributed by atoms with Gasteiger partial charge in [-0.2, -0.15) is 4.57 Å². The highest BCUT2D eigenvalue weighted by Crippen LogP contribution is 2.16. The van der Waals surface area contributed by atoms with E-state index >= 15 is 0 Å². The molecule has 5 nitrogen and oxygen atoms in total. The van der Waals surface area contributed by atoms with E-state index in [0.29, 0.717) is 10.7 Å². The molecule has 0 spiro atoms. The quantitative estimate of drug-likeness (QED) is 0.290. The van der Waals surface area contributed by atoms with Gasteiger partial charge in [0.2, 0.25) is 5.70 Å². The molecule has 116 valence electrons. The summed E-state index contributed by atoms with van der Waals surface area (Å²) in [6.45, 7) is 0. The minimum atomic E-state index is -1.50. The first kappa shape index (κ1) is 16.5. The van der Waals surface area contributed by atoms with Gasteiger partial charge < -0.3 is 10.2 Å². The third-order valence-corrected chi connectivity index (χ3v) is 3.25. The maximum absolute atomic E-state index is 11.0. The highest BCUT2D eigenvalue weighted by molar-refractivity contribution is 6.30. The number of pyridine rings is 1. The van der Waals surface area contributed by atoms with Crippen molar-refractivity contribution in [2.45, 2.75) is 0 Å². The van der Waals surface area contributed by atoms with Gasteiger partial charge in [-0.3, -0.25) is 0 Å². The predicted octanol–water partition coefficient (Wildman–Crippen LogP) is 2.61. The molecular weight excluding hydrogens is 318 g/mol. The largest absolute Gasteiger partial charge is 0.477 e. The van der Waals surface area contributed by atoms with Crippen LogP contribution in [0.2, 0.25) is 5.02 Å². The fourth-order valence-corrected chi connectivity index (χ4v) is 2.03. The van der Waals surface area contributed by atoms with Crippen LogP contribution in [0.4, 0.5) is 0 Å². The second-order valence-corrected chi connectivity index (χ2v) is 4.97. The van der Waals surface area contributed by atoms with Crippen molar-refractivity contribution >= 4 is 29.2 Å². The Bertz CT molecular complexity index is 764. The number of carboxylic acid groups (broad SMARTS) is 2. The molecule has 23 heavy (non-hydrogen) atoms. The second kappa shape index (κ2) is 7.38. The van der Waals surface area contributed by atoms with Crippen LogP contribution in [0.25, 0.3) is 5.70 Å². The summed E-state index contributed by atoms with van der Waals surface area (Å²) in [4.78, 5) is 21.9. The number of halogens is 1. The molecule has 0 amide bonds. The van der Waals surface area contributed by atoms with Crippen molar-refractivity contribution in [2.24, 2.45) is 0 Å². The highest BCUT2D eigenvalue weighted by atomic mass is 35.5. The van der Waals surface area contributed by atoms with E-state index in [-0.39, 0.29) is 0 Å². The van der Waals surface area contributed by atoms with E-state index in [4.69, 9.17) is 21.8 Å². The Hall–Kier alpha value is -2.92. The second-order valence-electron chi connectivity index (χ2n) is 4.53. The molecule has 0 bridgehead atoms. The minimum absolute atomic E-state index is 0.568. The van der Waals surface area contributed by atoms with Gasteiger partial charge in [-0.1, -0.05) is 17.7 Å². The van der Waals surface area contributed by atoms with Gasteiger partial charge >= 0.3 is 11.9 Å². The van der Waals surface area contributed by atoms with E-state index in [0.717, 1.165) is 11.6 Å². The number of carbonyl (C=O) groups is 2. The van der Waals surface area contributed by atoms with E-state index in [9.17, 15) is 9.59 Å². The molecule has 0 aliphatic heterocycles. The van der Waals surface area contributed by atoms with Gasteiger partial charge in [0.1, 0.15) is 5.57 Å². The van der Waals surface area contributed by atoms with Crippen LogP contribution in [-0.4, -0.2) is 22.2 Å². The van der Waals surface area contributed by atoms with Crippen molar-refractivity contribution in [1.82, 2.24) is 0 Å². The topological polar surface area (TPSA) is 78.5 Å². The number of aliphatic carboxylic acids is 2. The van der Waals surface area contributed by atoms with Gasteiger partial charge in [-0.05, 0) is 30.3 Å². The lowest BCUT2D eigenvalue weighted by atomic mass is 10.1. The molecule has 0 atom stereocenters. The first-order valence-electron chi connectivity index (χ1n) is 6.60. The van der Waals surface area contributed by atoms with Crippen LogP contribution in [0.5, 0.6) is 0 Å². The molecule has 0 aliphatic carbocycles. The average molecular weight is 331 g/mol. The molecule has 6 heteroatoms. The molecule has 1 heterocycles. The molecule has 1 aromatic heterocycles. The monoisotopic (exact) mass is 330 g/mol. The maximum Gasteiger partial charge on any atom is 0.343 e. The summed E-state index contributed by atoms with van der Waals surface area (Å²) in [7, 11) is 0. The summed E-state index contributed by atoms with van der Waals surface area (Å²) in [6.07, 6.45) is 6.06. The lowest BCUT2D eigenvalue weighted by Gasteiger charge is -2.02. The Morgan fingerprint density at radius 1 is 0.913 bits per heavy atom. The number of nitrogens with zero attached hydrogens (tertiary/aromatic N) is 1. The van der Waals surface area contributed by atoms with Crippen molar-refractivity contribution in [3.63, 3.8) is 0 Å². The van der Waals surface area contributed by atoms with Gasteiger partial charge in [0.05, 0.1) is 0 Å². The summed E-state index contributed by atoms with van der Waals surface area (Å²) in [5.41, 5.74) is 0.659. The number of aromatic nitrogens is 1. The van der Waals surface area contributed by atoms with Crippen LogP contribution in [0.15, 0.2) is 72.6 Å². The van der Waals surface area contributed by atoms with Crippen molar-refractivity contribution in [2.75, 3.05) is 0 Å². The summed E-state index contributed by atoms with van der Waals surface area (Å²) >= 11 is 5.88. The van der Waals surface area contributed by atoms with Crippen molar-refractivity contribution in [3.8, 4) is 0 Å². The fraction of sp³-hybridized carbons (Fsp3) is 0. The van der Waals surface area contributed by atoms with Gasteiger partial charge in [-0.15, -0.1) is 0 Å². The summed E-state index contributed by atoms with van der Waals surface area (Å²) in [5.74, 6) is -3.00. The third kappa shape index (κ3) is 4.28. The summed E-state index contributed by atoms with van der Waals surface area (Å²) < 4.78 is 1.75. The molecule has 0 saturated carbocycles. The zero-order chi connectivity index (χ0) is 16.8. The smallest absolute Gasteiger partial charge is 0.343 e. The Balaban J connectivity index is 2.56. The normalized spacial score (nSPS) is 10.9. The predicted molar refractivity (Wildman–Crippen MR) is 84.8 cm³/mol. The molecule has 2 rings (SSSR count). The van der Waals surface area contributed by atoms with Gasteiger partial charge in [-0.25, -0.2) is 9.59 Å². The van der Waals surface area contributed by atoms with Gasteiger partial charge in [0.15, 0.2) is 12.4 Å². The van der Waals surface area contributed by atoms with Crippen LogP contribution < -0.4 is 4.57 Å². The van der Waals surface area contributed by atoms with Crippen LogP contribution in [-0.2, 0) is 9.59 Å².